The molecule has 0 radical (unpaired) electrons. The van der Waals surface area contributed by atoms with Gasteiger partial charge in [0.15, 0.2) is 5.78 Å². The van der Waals surface area contributed by atoms with E-state index in [2.05, 4.69) is 10.2 Å². The molecule has 4 rings (SSSR count). The number of para-hydroxylation sites is 1. The first kappa shape index (κ1) is 23.3. The zero-order valence-corrected chi connectivity index (χ0v) is 20.0. The topological polar surface area (TPSA) is 85.5 Å². The lowest BCUT2D eigenvalue weighted by Gasteiger charge is -2.44. The molecule has 1 atom stereocenters. The maximum absolute atomic E-state index is 13.2. The number of hydrogen-bond acceptors (Lipinski definition) is 7. The van der Waals surface area contributed by atoms with Crippen molar-refractivity contribution in [1.29, 1.82) is 0 Å². The largest absolute Gasteiger partial charge is 0.496 e. The molecule has 1 saturated carbocycles. The molecule has 0 saturated heterocycles. The van der Waals surface area contributed by atoms with Crippen molar-refractivity contribution in [2.45, 2.75) is 36.4 Å². The summed E-state index contributed by atoms with van der Waals surface area (Å²) < 4.78 is 11.1. The number of aromatic nitrogens is 2. The van der Waals surface area contributed by atoms with Crippen molar-refractivity contribution in [3.05, 3.63) is 59.1 Å². The summed E-state index contributed by atoms with van der Waals surface area (Å²) in [5.41, 5.74) is 0.285. The van der Waals surface area contributed by atoms with Crippen LogP contribution >= 0.6 is 23.4 Å². The normalized spacial score (nSPS) is 18.2. The Labute approximate surface area is 201 Å². The highest BCUT2D eigenvalue weighted by Gasteiger charge is 2.47. The standard InChI is InChI=1S/C24H24ClN3O4S/c1-28(24(14-8-7-13-20(24)29)17-10-4-5-11-18(17)25)21(30)15-33-23-27-26-22(32-23)16-9-3-6-12-19(16)31-2/h3-6,9-12H,7-8,13-15H2,1-2H3/t24-/m1/s1. The Kier molecular flexibility index (Phi) is 7.05. The summed E-state index contributed by atoms with van der Waals surface area (Å²) >= 11 is 7.61. The maximum atomic E-state index is 13.2. The number of nitrogens with zero attached hydrogens (tertiary/aromatic N) is 3. The van der Waals surface area contributed by atoms with Crippen molar-refractivity contribution < 1.29 is 18.7 Å². The highest BCUT2D eigenvalue weighted by molar-refractivity contribution is 7.99. The summed E-state index contributed by atoms with van der Waals surface area (Å²) in [5, 5.41) is 8.87. The number of likely N-dealkylation sites (N-methyl/N-ethyl adjacent to an activating group) is 1. The predicted octanol–water partition coefficient (Wildman–Crippen LogP) is 4.99. The van der Waals surface area contributed by atoms with Gasteiger partial charge in [0.25, 0.3) is 11.1 Å². The third kappa shape index (κ3) is 4.50. The Balaban J connectivity index is 1.53. The van der Waals surface area contributed by atoms with Gasteiger partial charge in [-0.2, -0.15) is 0 Å². The van der Waals surface area contributed by atoms with Gasteiger partial charge >= 0.3 is 0 Å². The lowest BCUT2D eigenvalue weighted by Crippen LogP contribution is -2.54. The third-order valence-electron chi connectivity index (χ3n) is 5.98. The van der Waals surface area contributed by atoms with Crippen LogP contribution in [0.1, 0.15) is 31.2 Å². The molecule has 3 aromatic rings. The molecule has 172 valence electrons. The van der Waals surface area contributed by atoms with E-state index in [0.717, 1.165) is 24.6 Å². The maximum Gasteiger partial charge on any atom is 0.277 e. The van der Waals surface area contributed by atoms with E-state index in [9.17, 15) is 9.59 Å². The lowest BCUT2D eigenvalue weighted by atomic mass is 9.74. The summed E-state index contributed by atoms with van der Waals surface area (Å²) in [6, 6.07) is 14.6. The van der Waals surface area contributed by atoms with Gasteiger partial charge in [-0.25, -0.2) is 0 Å². The Hall–Kier alpha value is -2.84. The number of rotatable bonds is 7. The second-order valence-corrected chi connectivity index (χ2v) is 9.12. The predicted molar refractivity (Wildman–Crippen MR) is 126 cm³/mol. The van der Waals surface area contributed by atoms with Gasteiger partial charge in [-0.15, -0.1) is 10.2 Å². The first-order valence-electron chi connectivity index (χ1n) is 10.6. The number of halogens is 1. The number of carbonyl (C=O) groups is 2. The van der Waals surface area contributed by atoms with Crippen LogP contribution in [0.5, 0.6) is 5.75 Å². The molecule has 1 heterocycles. The number of methoxy groups -OCH3 is 1. The number of carbonyl (C=O) groups excluding carboxylic acids is 2. The molecular formula is C24H24ClN3O4S. The van der Waals surface area contributed by atoms with Crippen LogP contribution in [0, 0.1) is 0 Å². The molecule has 2 aromatic carbocycles. The van der Waals surface area contributed by atoms with Crippen LogP contribution in [0.3, 0.4) is 0 Å². The molecule has 1 aliphatic carbocycles. The number of Topliss-reactive ketones (excluding diaryl/α,β-unsaturated/α-hetero) is 1. The van der Waals surface area contributed by atoms with Crippen LogP contribution in [0.4, 0.5) is 0 Å². The molecule has 0 N–H and O–H groups in total. The van der Waals surface area contributed by atoms with Crippen LogP contribution < -0.4 is 4.74 Å². The minimum absolute atomic E-state index is 0.0129. The van der Waals surface area contributed by atoms with Crippen molar-refractivity contribution in [2.75, 3.05) is 19.9 Å². The molecule has 1 aliphatic rings. The molecule has 0 unspecified atom stereocenters. The molecule has 9 heteroatoms. The lowest BCUT2D eigenvalue weighted by molar-refractivity contribution is -0.146. The minimum atomic E-state index is -1.06. The fourth-order valence-corrected chi connectivity index (χ4v) is 5.23. The number of benzene rings is 2. The molecule has 1 aromatic heterocycles. The molecular weight excluding hydrogens is 462 g/mol. The summed E-state index contributed by atoms with van der Waals surface area (Å²) in [6.07, 6.45) is 2.62. The van der Waals surface area contributed by atoms with Gasteiger partial charge in [-0.1, -0.05) is 53.7 Å². The molecule has 1 fully saturated rings. The molecule has 1 amide bonds. The Morgan fingerprint density at radius 2 is 1.94 bits per heavy atom. The van der Waals surface area contributed by atoms with Crippen LogP contribution in [0.15, 0.2) is 58.2 Å². The van der Waals surface area contributed by atoms with E-state index in [4.69, 9.17) is 20.8 Å². The van der Waals surface area contributed by atoms with Crippen molar-refractivity contribution in [1.82, 2.24) is 15.1 Å². The van der Waals surface area contributed by atoms with E-state index in [1.165, 1.54) is 0 Å². The van der Waals surface area contributed by atoms with Crippen LogP contribution in [0.25, 0.3) is 11.5 Å². The van der Waals surface area contributed by atoms with E-state index in [0.29, 0.717) is 40.6 Å². The zero-order valence-electron chi connectivity index (χ0n) is 18.4. The van der Waals surface area contributed by atoms with E-state index in [1.807, 2.05) is 36.4 Å². The molecule has 0 bridgehead atoms. The molecule has 7 nitrogen and oxygen atoms in total. The highest BCUT2D eigenvalue weighted by Crippen LogP contribution is 2.42. The Morgan fingerprint density at radius 3 is 2.70 bits per heavy atom. The summed E-state index contributed by atoms with van der Waals surface area (Å²) in [5.74, 6) is 0.770. The number of thioether (sulfide) groups is 1. The monoisotopic (exact) mass is 485 g/mol. The van der Waals surface area contributed by atoms with Gasteiger partial charge in [0, 0.05) is 24.1 Å². The minimum Gasteiger partial charge on any atom is -0.496 e. The Bertz CT molecular complexity index is 1170. The first-order chi connectivity index (χ1) is 16.0. The van der Waals surface area contributed by atoms with Gasteiger partial charge in [-0.3, -0.25) is 9.59 Å². The van der Waals surface area contributed by atoms with E-state index in [-0.39, 0.29) is 22.7 Å². The van der Waals surface area contributed by atoms with Crippen LogP contribution in [-0.2, 0) is 15.1 Å². The van der Waals surface area contributed by atoms with Crippen molar-refractivity contribution in [2.24, 2.45) is 0 Å². The van der Waals surface area contributed by atoms with Crippen molar-refractivity contribution in [3.63, 3.8) is 0 Å². The van der Waals surface area contributed by atoms with Gasteiger partial charge in [-0.05, 0) is 37.5 Å². The number of amides is 1. The quantitative estimate of drug-likeness (QED) is 0.436. The van der Waals surface area contributed by atoms with Crippen LogP contribution in [-0.4, -0.2) is 46.7 Å². The zero-order chi connectivity index (χ0) is 23.4. The average Bonchev–Trinajstić information content (AvgIpc) is 3.32. The molecule has 0 spiro atoms. The molecule has 0 aliphatic heterocycles. The summed E-state index contributed by atoms with van der Waals surface area (Å²) in [6.45, 7) is 0. The van der Waals surface area contributed by atoms with E-state index >= 15 is 0 Å². The average molecular weight is 486 g/mol. The van der Waals surface area contributed by atoms with E-state index < -0.39 is 5.54 Å². The molecule has 33 heavy (non-hydrogen) atoms. The second-order valence-electron chi connectivity index (χ2n) is 7.79. The fourth-order valence-electron chi connectivity index (χ4n) is 4.26. The smallest absolute Gasteiger partial charge is 0.277 e. The number of ketones is 1. The van der Waals surface area contributed by atoms with Crippen molar-refractivity contribution in [3.8, 4) is 17.2 Å². The summed E-state index contributed by atoms with van der Waals surface area (Å²) in [4.78, 5) is 28.0. The second kappa shape index (κ2) is 9.97. The highest BCUT2D eigenvalue weighted by atomic mass is 35.5. The van der Waals surface area contributed by atoms with Gasteiger partial charge in [0.2, 0.25) is 5.91 Å². The van der Waals surface area contributed by atoms with Gasteiger partial charge in [0.1, 0.15) is 11.3 Å². The van der Waals surface area contributed by atoms with Gasteiger partial charge < -0.3 is 14.1 Å². The van der Waals surface area contributed by atoms with E-state index in [1.54, 1.807) is 31.2 Å². The van der Waals surface area contributed by atoms with Gasteiger partial charge in [0.05, 0.1) is 18.4 Å². The number of hydrogen-bond donors (Lipinski definition) is 0. The SMILES string of the molecule is COc1ccccc1-c1nnc(SCC(=O)N(C)[C@@]2(c3ccccc3Cl)CCCCC2=O)o1. The first-order valence-corrected chi connectivity index (χ1v) is 12.0. The van der Waals surface area contributed by atoms with Crippen LogP contribution in [0.2, 0.25) is 5.02 Å². The Morgan fingerprint density at radius 1 is 1.18 bits per heavy atom. The number of ether oxygens (including phenoxy) is 1. The fraction of sp³-hybridized carbons (Fsp3) is 0.333. The summed E-state index contributed by atoms with van der Waals surface area (Å²) in [7, 11) is 3.24. The van der Waals surface area contributed by atoms with Crippen molar-refractivity contribution >= 4 is 35.1 Å². The third-order valence-corrected chi connectivity index (χ3v) is 7.12.